The molecule has 0 aliphatic carbocycles. The van der Waals surface area contributed by atoms with Gasteiger partial charge >= 0.3 is 0 Å². The molecular weight excluding hydrogens is 162 g/mol. The van der Waals surface area contributed by atoms with E-state index in [2.05, 4.69) is 21.8 Å². The molecule has 1 N–H and O–H groups in total. The topological polar surface area (TPSA) is 27.6 Å². The molecule has 1 rings (SSSR count). The number of piperazine rings is 1. The smallest absolute Gasteiger partial charge is 0.101 e. The number of allylic oxidation sites excluding steroid dienone is 2. The standard InChI is InChI=1S/C10H17N3/c1-3-4-5-12-10(2)13-8-6-11-7-9-13/h3-5,11H,1,6-9H2,2H3/b5-4-,12-10?. The summed E-state index contributed by atoms with van der Waals surface area (Å²) in [5.41, 5.74) is 0. The second kappa shape index (κ2) is 5.54. The van der Waals surface area contributed by atoms with E-state index in [-0.39, 0.29) is 0 Å². The Morgan fingerprint density at radius 1 is 1.46 bits per heavy atom. The molecule has 1 heterocycles. The number of nitrogens with one attached hydrogen (secondary N) is 1. The molecule has 3 heteroatoms. The molecule has 0 saturated carbocycles. The van der Waals surface area contributed by atoms with Crippen LogP contribution in [0.1, 0.15) is 6.92 Å². The van der Waals surface area contributed by atoms with E-state index in [0.29, 0.717) is 0 Å². The minimum atomic E-state index is 1.05. The highest BCUT2D eigenvalue weighted by Gasteiger charge is 2.09. The van der Waals surface area contributed by atoms with Crippen LogP contribution in [0.25, 0.3) is 0 Å². The number of amidine groups is 1. The zero-order chi connectivity index (χ0) is 9.52. The van der Waals surface area contributed by atoms with Crippen LogP contribution < -0.4 is 5.32 Å². The van der Waals surface area contributed by atoms with E-state index in [0.717, 1.165) is 32.0 Å². The van der Waals surface area contributed by atoms with Crippen molar-refractivity contribution in [1.82, 2.24) is 10.2 Å². The first-order chi connectivity index (χ1) is 6.34. The van der Waals surface area contributed by atoms with Gasteiger partial charge in [0.1, 0.15) is 5.84 Å². The van der Waals surface area contributed by atoms with Gasteiger partial charge in [-0.2, -0.15) is 0 Å². The molecule has 0 radical (unpaired) electrons. The molecule has 1 aliphatic heterocycles. The third kappa shape index (κ3) is 3.42. The third-order valence-corrected chi connectivity index (χ3v) is 2.06. The number of hydrogen-bond donors (Lipinski definition) is 1. The third-order valence-electron chi connectivity index (χ3n) is 2.06. The van der Waals surface area contributed by atoms with Crippen molar-refractivity contribution in [2.75, 3.05) is 26.2 Å². The van der Waals surface area contributed by atoms with Gasteiger partial charge in [-0.25, -0.2) is 4.99 Å². The first-order valence-electron chi connectivity index (χ1n) is 4.62. The monoisotopic (exact) mass is 179 g/mol. The molecule has 0 spiro atoms. The van der Waals surface area contributed by atoms with Crippen molar-refractivity contribution in [3.63, 3.8) is 0 Å². The van der Waals surface area contributed by atoms with Gasteiger partial charge in [0.15, 0.2) is 0 Å². The Kier molecular flexibility index (Phi) is 4.26. The van der Waals surface area contributed by atoms with Gasteiger partial charge in [-0.05, 0) is 13.0 Å². The fourth-order valence-corrected chi connectivity index (χ4v) is 1.28. The van der Waals surface area contributed by atoms with E-state index in [9.17, 15) is 0 Å². The summed E-state index contributed by atoms with van der Waals surface area (Å²) in [5.74, 6) is 1.08. The van der Waals surface area contributed by atoms with Crippen LogP contribution in [0.2, 0.25) is 0 Å². The maximum atomic E-state index is 4.30. The maximum Gasteiger partial charge on any atom is 0.101 e. The molecule has 13 heavy (non-hydrogen) atoms. The molecule has 3 nitrogen and oxygen atoms in total. The minimum absolute atomic E-state index is 1.05. The predicted molar refractivity (Wildman–Crippen MR) is 56.9 cm³/mol. The van der Waals surface area contributed by atoms with Crippen LogP contribution in [0, 0.1) is 0 Å². The van der Waals surface area contributed by atoms with Crippen LogP contribution in [-0.2, 0) is 0 Å². The molecule has 0 unspecified atom stereocenters. The summed E-state index contributed by atoms with van der Waals surface area (Å²) in [6.45, 7) is 9.84. The summed E-state index contributed by atoms with van der Waals surface area (Å²) >= 11 is 0. The second-order valence-corrected chi connectivity index (χ2v) is 2.99. The van der Waals surface area contributed by atoms with E-state index in [1.54, 1.807) is 12.3 Å². The summed E-state index contributed by atoms with van der Waals surface area (Å²) < 4.78 is 0. The summed E-state index contributed by atoms with van der Waals surface area (Å²) in [7, 11) is 0. The minimum Gasteiger partial charge on any atom is -0.358 e. The van der Waals surface area contributed by atoms with Crippen LogP contribution in [0.15, 0.2) is 29.9 Å². The van der Waals surface area contributed by atoms with Gasteiger partial charge in [-0.1, -0.05) is 12.7 Å². The Bertz CT molecular complexity index is 212. The van der Waals surface area contributed by atoms with Gasteiger partial charge in [-0.3, -0.25) is 0 Å². The number of hydrogen-bond acceptors (Lipinski definition) is 2. The average molecular weight is 179 g/mol. The Labute approximate surface area is 79.8 Å². The van der Waals surface area contributed by atoms with Gasteiger partial charge in [0.05, 0.1) is 0 Å². The van der Waals surface area contributed by atoms with Gasteiger partial charge in [0.25, 0.3) is 0 Å². The first-order valence-corrected chi connectivity index (χ1v) is 4.62. The van der Waals surface area contributed by atoms with E-state index < -0.39 is 0 Å². The van der Waals surface area contributed by atoms with E-state index >= 15 is 0 Å². The quantitative estimate of drug-likeness (QED) is 0.389. The van der Waals surface area contributed by atoms with Gasteiger partial charge in [0.2, 0.25) is 0 Å². The Balaban J connectivity index is 2.44. The summed E-state index contributed by atoms with van der Waals surface area (Å²) in [6, 6.07) is 0. The molecule has 72 valence electrons. The predicted octanol–water partition coefficient (Wildman–Crippen LogP) is 1.01. The van der Waals surface area contributed by atoms with Gasteiger partial charge in [0, 0.05) is 32.4 Å². The summed E-state index contributed by atoms with van der Waals surface area (Å²) in [5, 5.41) is 3.31. The van der Waals surface area contributed by atoms with Crippen LogP contribution in [0.4, 0.5) is 0 Å². The van der Waals surface area contributed by atoms with Crippen molar-refractivity contribution < 1.29 is 0 Å². The highest BCUT2D eigenvalue weighted by Crippen LogP contribution is 1.95. The molecule has 0 aromatic carbocycles. The highest BCUT2D eigenvalue weighted by atomic mass is 15.2. The normalized spacial score (nSPS) is 19.5. The van der Waals surface area contributed by atoms with Crippen LogP contribution in [-0.4, -0.2) is 36.9 Å². The molecule has 1 saturated heterocycles. The van der Waals surface area contributed by atoms with Crippen LogP contribution in [0.5, 0.6) is 0 Å². The van der Waals surface area contributed by atoms with Crippen molar-refractivity contribution >= 4 is 5.84 Å². The van der Waals surface area contributed by atoms with E-state index in [1.807, 2.05) is 13.0 Å². The molecule has 0 atom stereocenters. The molecule has 0 bridgehead atoms. The fourth-order valence-electron chi connectivity index (χ4n) is 1.28. The van der Waals surface area contributed by atoms with Crippen molar-refractivity contribution in [2.45, 2.75) is 6.92 Å². The fraction of sp³-hybridized carbons (Fsp3) is 0.500. The lowest BCUT2D eigenvalue weighted by Gasteiger charge is -2.28. The number of rotatable bonds is 2. The lowest BCUT2D eigenvalue weighted by molar-refractivity contribution is 0.356. The molecule has 0 aromatic heterocycles. The van der Waals surface area contributed by atoms with E-state index in [1.165, 1.54) is 0 Å². The Morgan fingerprint density at radius 3 is 2.77 bits per heavy atom. The van der Waals surface area contributed by atoms with Crippen molar-refractivity contribution in [3.8, 4) is 0 Å². The summed E-state index contributed by atoms with van der Waals surface area (Å²) in [4.78, 5) is 6.58. The molecule has 0 aromatic rings. The second-order valence-electron chi connectivity index (χ2n) is 2.99. The SMILES string of the molecule is C=C/C=C\N=C(C)N1CCNCC1. The van der Waals surface area contributed by atoms with Crippen molar-refractivity contribution in [3.05, 3.63) is 24.9 Å². The first kappa shape index (κ1) is 9.99. The molecule has 1 aliphatic rings. The maximum absolute atomic E-state index is 4.30. The zero-order valence-electron chi connectivity index (χ0n) is 8.16. The number of nitrogens with zero attached hydrogens (tertiary/aromatic N) is 2. The van der Waals surface area contributed by atoms with E-state index in [4.69, 9.17) is 0 Å². The largest absolute Gasteiger partial charge is 0.358 e. The van der Waals surface area contributed by atoms with Gasteiger partial charge in [-0.15, -0.1) is 0 Å². The average Bonchev–Trinajstić information content (AvgIpc) is 2.19. The molecule has 1 fully saturated rings. The lowest BCUT2D eigenvalue weighted by Crippen LogP contribution is -2.45. The van der Waals surface area contributed by atoms with Crippen LogP contribution in [0.3, 0.4) is 0 Å². The molecule has 0 amide bonds. The van der Waals surface area contributed by atoms with Crippen molar-refractivity contribution in [2.24, 2.45) is 4.99 Å². The van der Waals surface area contributed by atoms with Crippen LogP contribution >= 0.6 is 0 Å². The Morgan fingerprint density at radius 2 is 2.15 bits per heavy atom. The molecular formula is C10H17N3. The zero-order valence-corrected chi connectivity index (χ0v) is 8.16. The Hall–Kier alpha value is -1.09. The highest BCUT2D eigenvalue weighted by molar-refractivity contribution is 5.80. The summed E-state index contributed by atoms with van der Waals surface area (Å²) in [6.07, 6.45) is 5.35. The number of aliphatic imine (C=N–C) groups is 1. The van der Waals surface area contributed by atoms with Crippen molar-refractivity contribution in [1.29, 1.82) is 0 Å². The lowest BCUT2D eigenvalue weighted by atomic mass is 10.3. The van der Waals surface area contributed by atoms with Gasteiger partial charge < -0.3 is 10.2 Å².